The van der Waals surface area contributed by atoms with Crippen LogP contribution in [-0.4, -0.2) is 52.2 Å². The number of alkyl carbamates (subject to hydrolysis) is 1. The summed E-state index contributed by atoms with van der Waals surface area (Å²) >= 11 is 1.11. The van der Waals surface area contributed by atoms with Crippen molar-refractivity contribution in [1.82, 2.24) is 10.2 Å². The van der Waals surface area contributed by atoms with Gasteiger partial charge >= 0.3 is 12.1 Å². The summed E-state index contributed by atoms with van der Waals surface area (Å²) in [5, 5.41) is 2.47. The number of amides is 2. The fourth-order valence-electron chi connectivity index (χ4n) is 3.02. The molecule has 0 aliphatic carbocycles. The third-order valence-electron chi connectivity index (χ3n) is 4.21. The molecular formula is C22H28N2O6S. The second-order valence-electron chi connectivity index (χ2n) is 8.16. The molecule has 2 amide bonds. The lowest BCUT2D eigenvalue weighted by atomic mass is 9.91. The van der Waals surface area contributed by atoms with E-state index in [1.807, 2.05) is 30.3 Å². The lowest BCUT2D eigenvalue weighted by molar-refractivity contribution is -0.159. The summed E-state index contributed by atoms with van der Waals surface area (Å²) < 4.78 is 10.1. The van der Waals surface area contributed by atoms with E-state index in [0.29, 0.717) is 0 Å². The minimum atomic E-state index is -0.873. The highest BCUT2D eigenvalue weighted by molar-refractivity contribution is 8.13. The number of hydrogen-bond donors (Lipinski definition) is 1. The van der Waals surface area contributed by atoms with Gasteiger partial charge in [-0.05, 0) is 46.2 Å². The number of hydrogen-bond acceptors (Lipinski definition) is 7. The van der Waals surface area contributed by atoms with E-state index < -0.39 is 35.7 Å². The SMILES string of the molecule is C=C(C)OC(=O)CN1C(=O)[C@@H](NC(=O)OC(C)(C)C)C1CCC(=O)Sc1ccccc1. The lowest BCUT2D eigenvalue weighted by Crippen LogP contribution is -2.71. The molecule has 9 heteroatoms. The fraction of sp³-hybridized carbons (Fsp3) is 0.455. The molecule has 31 heavy (non-hydrogen) atoms. The maximum absolute atomic E-state index is 12.6. The van der Waals surface area contributed by atoms with Gasteiger partial charge in [-0.25, -0.2) is 9.59 Å². The molecule has 2 atom stereocenters. The van der Waals surface area contributed by atoms with Crippen LogP contribution in [0.3, 0.4) is 0 Å². The zero-order chi connectivity index (χ0) is 23.2. The number of allylic oxidation sites excluding steroid dienone is 1. The maximum atomic E-state index is 12.6. The van der Waals surface area contributed by atoms with Crippen LogP contribution in [0.15, 0.2) is 47.6 Å². The highest BCUT2D eigenvalue weighted by Gasteiger charge is 2.49. The first kappa shape index (κ1) is 24.5. The summed E-state index contributed by atoms with van der Waals surface area (Å²) in [5.74, 6) is -0.850. The summed E-state index contributed by atoms with van der Waals surface area (Å²) in [6.45, 7) is 9.89. The Morgan fingerprint density at radius 2 is 1.84 bits per heavy atom. The van der Waals surface area contributed by atoms with Gasteiger partial charge in [0, 0.05) is 11.3 Å². The van der Waals surface area contributed by atoms with E-state index in [0.717, 1.165) is 16.7 Å². The molecule has 1 unspecified atom stereocenters. The lowest BCUT2D eigenvalue weighted by Gasteiger charge is -2.46. The topological polar surface area (TPSA) is 102 Å². The first-order valence-corrected chi connectivity index (χ1v) is 10.7. The molecule has 168 valence electrons. The molecular weight excluding hydrogens is 420 g/mol. The smallest absolute Gasteiger partial charge is 0.408 e. The van der Waals surface area contributed by atoms with Gasteiger partial charge in [0.05, 0.1) is 11.8 Å². The van der Waals surface area contributed by atoms with Crippen molar-refractivity contribution in [2.75, 3.05) is 6.54 Å². The van der Waals surface area contributed by atoms with Gasteiger partial charge in [0.15, 0.2) is 5.12 Å². The number of esters is 1. The summed E-state index contributed by atoms with van der Waals surface area (Å²) in [5.41, 5.74) is -0.723. The summed E-state index contributed by atoms with van der Waals surface area (Å²) in [6.07, 6.45) is -0.286. The molecule has 0 aromatic heterocycles. The number of carbonyl (C=O) groups excluding carboxylic acids is 4. The van der Waals surface area contributed by atoms with Crippen molar-refractivity contribution in [3.8, 4) is 0 Å². The number of nitrogens with one attached hydrogen (secondary N) is 1. The third-order valence-corrected chi connectivity index (χ3v) is 5.15. The number of nitrogens with zero attached hydrogens (tertiary/aromatic N) is 1. The molecule has 0 spiro atoms. The molecule has 1 heterocycles. The summed E-state index contributed by atoms with van der Waals surface area (Å²) in [4.78, 5) is 51.2. The van der Waals surface area contributed by atoms with Crippen LogP contribution >= 0.6 is 11.8 Å². The highest BCUT2D eigenvalue weighted by atomic mass is 32.2. The van der Waals surface area contributed by atoms with Crippen LogP contribution in [0, 0.1) is 0 Å². The first-order chi connectivity index (χ1) is 14.5. The van der Waals surface area contributed by atoms with Crippen LogP contribution < -0.4 is 5.32 Å². The molecule has 1 fully saturated rings. The number of thioether (sulfide) groups is 1. The van der Waals surface area contributed by atoms with Crippen molar-refractivity contribution < 1.29 is 28.7 Å². The molecule has 0 saturated carbocycles. The monoisotopic (exact) mass is 448 g/mol. The van der Waals surface area contributed by atoms with Gasteiger partial charge < -0.3 is 19.7 Å². The van der Waals surface area contributed by atoms with Crippen molar-refractivity contribution in [3.63, 3.8) is 0 Å². The standard InChI is InChI=1S/C22H28N2O6S/c1-14(2)29-17(25)13-24-16(11-12-18(26)31-15-9-7-6-8-10-15)19(20(24)27)23-21(28)30-22(3,4)5/h6-10,16,19H,1,11-13H2,2-5H3,(H,23,28)/t16?,19-/m0/s1. The number of likely N-dealkylation sites (tertiary alicyclic amines) is 1. The third kappa shape index (κ3) is 7.75. The molecule has 1 N–H and O–H groups in total. The van der Waals surface area contributed by atoms with Gasteiger partial charge in [-0.2, -0.15) is 0 Å². The van der Waals surface area contributed by atoms with Gasteiger partial charge in [0.2, 0.25) is 5.91 Å². The Morgan fingerprint density at radius 1 is 1.19 bits per heavy atom. The molecule has 0 radical (unpaired) electrons. The summed E-state index contributed by atoms with van der Waals surface area (Å²) in [6, 6.07) is 7.82. The van der Waals surface area contributed by atoms with Crippen LogP contribution in [0.25, 0.3) is 0 Å². The number of benzene rings is 1. The Labute approximate surface area is 186 Å². The van der Waals surface area contributed by atoms with E-state index in [4.69, 9.17) is 9.47 Å². The average Bonchev–Trinajstić information content (AvgIpc) is 2.64. The molecule has 1 aliphatic heterocycles. The highest BCUT2D eigenvalue weighted by Crippen LogP contribution is 2.28. The first-order valence-electron chi connectivity index (χ1n) is 9.88. The quantitative estimate of drug-likeness (QED) is 0.282. The molecule has 8 nitrogen and oxygen atoms in total. The Bertz CT molecular complexity index is 849. The predicted octanol–water partition coefficient (Wildman–Crippen LogP) is 3.27. The van der Waals surface area contributed by atoms with E-state index >= 15 is 0 Å². The van der Waals surface area contributed by atoms with Crippen LogP contribution in [0.4, 0.5) is 4.79 Å². The van der Waals surface area contributed by atoms with Crippen LogP contribution in [0.5, 0.6) is 0 Å². The largest absolute Gasteiger partial charge is 0.444 e. The van der Waals surface area contributed by atoms with Crippen molar-refractivity contribution in [2.45, 2.75) is 63.1 Å². The number of β-lactam (4-membered cyclic amide) rings is 1. The predicted molar refractivity (Wildman–Crippen MR) is 116 cm³/mol. The fourth-order valence-corrected chi connectivity index (χ4v) is 3.79. The second kappa shape index (κ2) is 10.5. The molecule has 1 saturated heterocycles. The minimum absolute atomic E-state index is 0.0778. The van der Waals surface area contributed by atoms with Crippen molar-refractivity contribution in [2.24, 2.45) is 0 Å². The zero-order valence-electron chi connectivity index (χ0n) is 18.2. The van der Waals surface area contributed by atoms with Crippen LogP contribution in [0.2, 0.25) is 0 Å². The van der Waals surface area contributed by atoms with E-state index in [9.17, 15) is 19.2 Å². The van der Waals surface area contributed by atoms with Gasteiger partial charge in [0.1, 0.15) is 18.2 Å². The molecule has 1 aliphatic rings. The Hall–Kier alpha value is -2.81. The molecule has 1 aromatic carbocycles. The van der Waals surface area contributed by atoms with Gasteiger partial charge in [-0.3, -0.25) is 9.59 Å². The Morgan fingerprint density at radius 3 is 2.42 bits per heavy atom. The molecule has 2 rings (SSSR count). The maximum Gasteiger partial charge on any atom is 0.408 e. The van der Waals surface area contributed by atoms with Gasteiger partial charge in [0.25, 0.3) is 0 Å². The second-order valence-corrected chi connectivity index (χ2v) is 9.29. The molecule has 0 bridgehead atoms. The Kier molecular flexibility index (Phi) is 8.27. The van der Waals surface area contributed by atoms with E-state index in [-0.39, 0.29) is 30.3 Å². The van der Waals surface area contributed by atoms with Crippen molar-refractivity contribution >= 4 is 34.8 Å². The van der Waals surface area contributed by atoms with Gasteiger partial charge in [-0.1, -0.05) is 36.5 Å². The van der Waals surface area contributed by atoms with Crippen molar-refractivity contribution in [1.29, 1.82) is 0 Å². The number of rotatable bonds is 8. The Balaban J connectivity index is 2.01. The van der Waals surface area contributed by atoms with E-state index in [2.05, 4.69) is 11.9 Å². The van der Waals surface area contributed by atoms with Crippen LogP contribution in [-0.2, 0) is 23.9 Å². The normalized spacial score (nSPS) is 18.1. The van der Waals surface area contributed by atoms with Gasteiger partial charge in [-0.15, -0.1) is 0 Å². The average molecular weight is 449 g/mol. The van der Waals surface area contributed by atoms with Crippen LogP contribution in [0.1, 0.15) is 40.5 Å². The number of carbonyl (C=O) groups is 4. The summed E-state index contributed by atoms with van der Waals surface area (Å²) in [7, 11) is 0. The zero-order valence-corrected chi connectivity index (χ0v) is 19.0. The molecule has 1 aromatic rings. The minimum Gasteiger partial charge on any atom is -0.444 e. The van der Waals surface area contributed by atoms with Crippen molar-refractivity contribution in [3.05, 3.63) is 42.7 Å². The van der Waals surface area contributed by atoms with E-state index in [1.165, 1.54) is 11.8 Å². The van der Waals surface area contributed by atoms with E-state index in [1.54, 1.807) is 20.8 Å². The number of ether oxygens (including phenoxy) is 2.